The molecule has 0 heterocycles. The second-order valence-corrected chi connectivity index (χ2v) is 4.37. The molecule has 4 heteroatoms. The van der Waals surface area contributed by atoms with E-state index in [9.17, 15) is 5.26 Å². The van der Waals surface area contributed by atoms with Crippen LogP contribution in [-0.2, 0) is 14.2 Å². The highest BCUT2D eigenvalue weighted by Crippen LogP contribution is 2.43. The SMILES string of the molecule is C=CCO[C@@H]1C[C@H](OCOC)[C@@](C#N)(CC)C1. The number of hydrogen-bond donors (Lipinski definition) is 0. The first kappa shape index (κ1) is 14.2. The van der Waals surface area contributed by atoms with Crippen LogP contribution in [0.2, 0.25) is 0 Å². The van der Waals surface area contributed by atoms with Gasteiger partial charge in [0.1, 0.15) is 6.79 Å². The molecule has 0 radical (unpaired) electrons. The van der Waals surface area contributed by atoms with Gasteiger partial charge in [0.2, 0.25) is 0 Å². The Hall–Kier alpha value is -0.890. The van der Waals surface area contributed by atoms with Gasteiger partial charge in [-0.2, -0.15) is 5.26 Å². The standard InChI is InChI=1S/C13H21NO3/c1-4-6-16-11-7-12(17-10-15-3)13(5-2,8-11)9-14/h4,11-12H,1,5-8,10H2,2-3H3/t11-,12+,13+/m1/s1. The normalized spacial score (nSPS) is 32.3. The Kier molecular flexibility index (Phi) is 5.63. The molecule has 1 fully saturated rings. The molecular formula is C13H21NO3. The predicted octanol–water partition coefficient (Wildman–Crippen LogP) is 2.26. The predicted molar refractivity (Wildman–Crippen MR) is 64.3 cm³/mol. The quantitative estimate of drug-likeness (QED) is 0.505. The zero-order valence-corrected chi connectivity index (χ0v) is 10.6. The third-order valence-corrected chi connectivity index (χ3v) is 3.38. The van der Waals surface area contributed by atoms with Gasteiger partial charge in [-0.15, -0.1) is 6.58 Å². The van der Waals surface area contributed by atoms with E-state index in [1.165, 1.54) is 0 Å². The first-order chi connectivity index (χ1) is 8.22. The van der Waals surface area contributed by atoms with Crippen molar-refractivity contribution in [1.29, 1.82) is 5.26 Å². The molecule has 1 rings (SSSR count). The molecule has 0 aliphatic heterocycles. The highest BCUT2D eigenvalue weighted by Gasteiger charge is 2.48. The first-order valence-electron chi connectivity index (χ1n) is 5.96. The zero-order valence-electron chi connectivity index (χ0n) is 10.6. The lowest BCUT2D eigenvalue weighted by atomic mass is 9.83. The van der Waals surface area contributed by atoms with Crippen molar-refractivity contribution in [2.45, 2.75) is 38.4 Å². The van der Waals surface area contributed by atoms with E-state index in [1.807, 2.05) is 6.92 Å². The molecule has 0 spiro atoms. The third kappa shape index (κ3) is 3.29. The summed E-state index contributed by atoms with van der Waals surface area (Å²) in [5, 5.41) is 9.38. The van der Waals surface area contributed by atoms with E-state index in [4.69, 9.17) is 14.2 Å². The molecule has 0 N–H and O–H groups in total. The summed E-state index contributed by atoms with van der Waals surface area (Å²) >= 11 is 0. The molecule has 1 saturated carbocycles. The van der Waals surface area contributed by atoms with Crippen LogP contribution in [0.15, 0.2) is 12.7 Å². The summed E-state index contributed by atoms with van der Waals surface area (Å²) in [5.74, 6) is 0. The van der Waals surface area contributed by atoms with Gasteiger partial charge in [0.25, 0.3) is 0 Å². The average molecular weight is 239 g/mol. The lowest BCUT2D eigenvalue weighted by Crippen LogP contribution is -2.30. The van der Waals surface area contributed by atoms with Gasteiger partial charge < -0.3 is 14.2 Å². The lowest BCUT2D eigenvalue weighted by Gasteiger charge is -2.26. The Morgan fingerprint density at radius 1 is 1.53 bits per heavy atom. The molecule has 0 saturated heterocycles. The van der Waals surface area contributed by atoms with Crippen LogP contribution < -0.4 is 0 Å². The number of nitrogens with zero attached hydrogens (tertiary/aromatic N) is 1. The van der Waals surface area contributed by atoms with E-state index in [0.29, 0.717) is 6.61 Å². The van der Waals surface area contributed by atoms with Gasteiger partial charge in [0.15, 0.2) is 0 Å². The first-order valence-corrected chi connectivity index (χ1v) is 5.96. The second kappa shape index (κ2) is 6.75. The van der Waals surface area contributed by atoms with Crippen molar-refractivity contribution in [2.75, 3.05) is 20.5 Å². The molecule has 1 aliphatic carbocycles. The Labute approximate surface area is 103 Å². The highest BCUT2D eigenvalue weighted by molar-refractivity contribution is 5.10. The maximum atomic E-state index is 9.38. The van der Waals surface area contributed by atoms with Crippen LogP contribution in [0.4, 0.5) is 0 Å². The fraction of sp³-hybridized carbons (Fsp3) is 0.769. The van der Waals surface area contributed by atoms with Gasteiger partial charge in [-0.25, -0.2) is 0 Å². The third-order valence-electron chi connectivity index (χ3n) is 3.38. The summed E-state index contributed by atoms with van der Waals surface area (Å²) in [6, 6.07) is 2.41. The minimum absolute atomic E-state index is 0.0782. The monoisotopic (exact) mass is 239 g/mol. The van der Waals surface area contributed by atoms with Crippen molar-refractivity contribution in [1.82, 2.24) is 0 Å². The Bertz CT molecular complexity index is 287. The van der Waals surface area contributed by atoms with Crippen molar-refractivity contribution in [3.05, 3.63) is 12.7 Å². The van der Waals surface area contributed by atoms with E-state index in [0.717, 1.165) is 19.3 Å². The Morgan fingerprint density at radius 2 is 2.29 bits per heavy atom. The van der Waals surface area contributed by atoms with Crippen LogP contribution in [0.1, 0.15) is 26.2 Å². The molecule has 0 aromatic carbocycles. The largest absolute Gasteiger partial charge is 0.374 e. The van der Waals surface area contributed by atoms with E-state index < -0.39 is 5.41 Å². The van der Waals surface area contributed by atoms with Crippen molar-refractivity contribution in [3.63, 3.8) is 0 Å². The van der Waals surface area contributed by atoms with E-state index in [-0.39, 0.29) is 19.0 Å². The zero-order chi connectivity index (χ0) is 12.7. The van der Waals surface area contributed by atoms with Crippen molar-refractivity contribution < 1.29 is 14.2 Å². The van der Waals surface area contributed by atoms with Gasteiger partial charge >= 0.3 is 0 Å². The molecule has 0 amide bonds. The average Bonchev–Trinajstić information content (AvgIpc) is 2.72. The lowest BCUT2D eigenvalue weighted by molar-refractivity contribution is -0.0979. The maximum Gasteiger partial charge on any atom is 0.146 e. The minimum Gasteiger partial charge on any atom is -0.374 e. The van der Waals surface area contributed by atoms with Crippen LogP contribution in [0, 0.1) is 16.7 Å². The molecule has 17 heavy (non-hydrogen) atoms. The van der Waals surface area contributed by atoms with Crippen LogP contribution in [0.25, 0.3) is 0 Å². The van der Waals surface area contributed by atoms with Gasteiger partial charge in [0, 0.05) is 13.5 Å². The molecule has 0 unspecified atom stereocenters. The van der Waals surface area contributed by atoms with Crippen molar-refractivity contribution in [2.24, 2.45) is 5.41 Å². The number of ether oxygens (including phenoxy) is 3. The summed E-state index contributed by atoms with van der Waals surface area (Å²) in [5.41, 5.74) is -0.440. The molecule has 4 nitrogen and oxygen atoms in total. The molecule has 0 aromatic heterocycles. The number of rotatable bonds is 7. The van der Waals surface area contributed by atoms with Crippen LogP contribution in [0.3, 0.4) is 0 Å². The molecule has 96 valence electrons. The van der Waals surface area contributed by atoms with Crippen LogP contribution >= 0.6 is 0 Å². The molecule has 1 aliphatic rings. The number of hydrogen-bond acceptors (Lipinski definition) is 4. The summed E-state index contributed by atoms with van der Waals surface area (Å²) in [6.07, 6.45) is 3.94. The van der Waals surface area contributed by atoms with Crippen molar-refractivity contribution in [3.8, 4) is 6.07 Å². The number of nitriles is 1. The minimum atomic E-state index is -0.440. The maximum absolute atomic E-state index is 9.38. The number of methoxy groups -OCH3 is 1. The summed E-state index contributed by atoms with van der Waals surface area (Å²) < 4.78 is 16.2. The molecular weight excluding hydrogens is 218 g/mol. The van der Waals surface area contributed by atoms with E-state index in [2.05, 4.69) is 12.6 Å². The molecule has 0 aromatic rings. The van der Waals surface area contributed by atoms with E-state index >= 15 is 0 Å². The van der Waals surface area contributed by atoms with Gasteiger partial charge in [-0.05, 0) is 12.8 Å². The van der Waals surface area contributed by atoms with Gasteiger partial charge in [0.05, 0.1) is 30.3 Å². The van der Waals surface area contributed by atoms with Gasteiger partial charge in [-0.1, -0.05) is 13.0 Å². The van der Waals surface area contributed by atoms with Crippen LogP contribution in [-0.4, -0.2) is 32.7 Å². The topological polar surface area (TPSA) is 51.5 Å². The van der Waals surface area contributed by atoms with Crippen molar-refractivity contribution >= 4 is 0 Å². The molecule has 3 atom stereocenters. The second-order valence-electron chi connectivity index (χ2n) is 4.37. The Balaban J connectivity index is 2.65. The van der Waals surface area contributed by atoms with E-state index in [1.54, 1.807) is 13.2 Å². The van der Waals surface area contributed by atoms with Crippen LogP contribution in [0.5, 0.6) is 0 Å². The fourth-order valence-corrected chi connectivity index (χ4v) is 2.36. The smallest absolute Gasteiger partial charge is 0.146 e. The summed E-state index contributed by atoms with van der Waals surface area (Å²) in [4.78, 5) is 0. The molecule has 0 bridgehead atoms. The summed E-state index contributed by atoms with van der Waals surface area (Å²) in [7, 11) is 1.58. The fourth-order valence-electron chi connectivity index (χ4n) is 2.36. The van der Waals surface area contributed by atoms with Gasteiger partial charge in [-0.3, -0.25) is 0 Å². The Morgan fingerprint density at radius 3 is 2.82 bits per heavy atom. The summed E-state index contributed by atoms with van der Waals surface area (Å²) in [6.45, 7) is 6.39. The highest BCUT2D eigenvalue weighted by atomic mass is 16.7.